The molecule has 1 N–H and O–H groups in total. The largest absolute Gasteiger partial charge is 0.340 e. The van der Waals surface area contributed by atoms with Crippen LogP contribution in [0.3, 0.4) is 0 Å². The Morgan fingerprint density at radius 1 is 1.47 bits per heavy atom. The summed E-state index contributed by atoms with van der Waals surface area (Å²) in [5, 5.41) is 3.11. The predicted molar refractivity (Wildman–Crippen MR) is 74.5 cm³/mol. The molecule has 0 radical (unpaired) electrons. The number of aromatic nitrogens is 2. The van der Waals surface area contributed by atoms with Gasteiger partial charge in [0.2, 0.25) is 11.2 Å². The van der Waals surface area contributed by atoms with Crippen LogP contribution in [0.5, 0.6) is 0 Å². The van der Waals surface area contributed by atoms with Gasteiger partial charge in [0, 0.05) is 6.04 Å². The number of hydrogen-bond acceptors (Lipinski definition) is 4. The van der Waals surface area contributed by atoms with Crippen LogP contribution in [0.25, 0.3) is 0 Å². The molecule has 0 aromatic carbocycles. The summed E-state index contributed by atoms with van der Waals surface area (Å²) in [6, 6.07) is 0.238. The Hall–Kier alpha value is -1.36. The smallest absolute Gasteiger partial charge is 0.247 e. The summed E-state index contributed by atoms with van der Waals surface area (Å²) in [6.45, 7) is 2.03. The number of anilines is 2. The van der Waals surface area contributed by atoms with E-state index in [9.17, 15) is 4.79 Å². The molecule has 2 aliphatic rings. The molecule has 0 spiro atoms. The van der Waals surface area contributed by atoms with Crippen molar-refractivity contribution >= 4 is 29.0 Å². The van der Waals surface area contributed by atoms with Crippen LogP contribution in [0.1, 0.15) is 39.0 Å². The van der Waals surface area contributed by atoms with Crippen molar-refractivity contribution in [2.45, 2.75) is 51.1 Å². The molecular weight excluding hydrogens is 264 g/mol. The van der Waals surface area contributed by atoms with Crippen molar-refractivity contribution in [3.63, 3.8) is 0 Å². The van der Waals surface area contributed by atoms with E-state index in [0.717, 1.165) is 25.1 Å². The van der Waals surface area contributed by atoms with E-state index >= 15 is 0 Å². The lowest BCUT2D eigenvalue weighted by molar-refractivity contribution is -0.117. The van der Waals surface area contributed by atoms with E-state index < -0.39 is 0 Å². The highest BCUT2D eigenvalue weighted by Crippen LogP contribution is 2.37. The molecule has 1 fully saturated rings. The zero-order valence-corrected chi connectivity index (χ0v) is 11.7. The van der Waals surface area contributed by atoms with Crippen molar-refractivity contribution in [2.75, 3.05) is 10.2 Å². The van der Waals surface area contributed by atoms with E-state index in [4.69, 9.17) is 11.6 Å². The quantitative estimate of drug-likeness (QED) is 0.846. The molecule has 1 amide bonds. The highest BCUT2D eigenvalue weighted by atomic mass is 35.5. The molecule has 1 atom stereocenters. The summed E-state index contributed by atoms with van der Waals surface area (Å²) in [5.74, 6) is 0.811. The van der Waals surface area contributed by atoms with E-state index in [2.05, 4.69) is 20.2 Å². The van der Waals surface area contributed by atoms with Crippen molar-refractivity contribution in [1.29, 1.82) is 0 Å². The third-order valence-electron chi connectivity index (χ3n) is 3.98. The van der Waals surface area contributed by atoms with Gasteiger partial charge < -0.3 is 10.2 Å². The molecule has 1 aromatic heterocycles. The van der Waals surface area contributed by atoms with Crippen LogP contribution in [-0.4, -0.2) is 28.0 Å². The molecule has 3 rings (SSSR count). The van der Waals surface area contributed by atoms with Crippen LogP contribution in [0.2, 0.25) is 5.28 Å². The normalized spacial score (nSPS) is 23.4. The van der Waals surface area contributed by atoms with Gasteiger partial charge in [0.1, 0.15) is 11.7 Å². The number of halogens is 1. The van der Waals surface area contributed by atoms with Gasteiger partial charge in [0.15, 0.2) is 5.82 Å². The van der Waals surface area contributed by atoms with Gasteiger partial charge in [-0.1, -0.05) is 19.8 Å². The van der Waals surface area contributed by atoms with Gasteiger partial charge in [0.25, 0.3) is 0 Å². The molecular formula is C13H17ClN4O. The summed E-state index contributed by atoms with van der Waals surface area (Å²) in [5.41, 5.74) is 0.672. The molecule has 5 nitrogen and oxygen atoms in total. The maximum absolute atomic E-state index is 12.2. The summed E-state index contributed by atoms with van der Waals surface area (Å²) in [4.78, 5) is 22.6. The Labute approximate surface area is 117 Å². The van der Waals surface area contributed by atoms with Gasteiger partial charge in [-0.05, 0) is 30.9 Å². The van der Waals surface area contributed by atoms with Gasteiger partial charge in [-0.2, -0.15) is 4.98 Å². The Balaban J connectivity index is 2.05. The van der Waals surface area contributed by atoms with E-state index in [1.165, 1.54) is 12.8 Å². The molecule has 2 heterocycles. The SMILES string of the molecule is CC[C@@H]1C(=O)Nc2cnc(Cl)nc2N1C1CCCC1. The first-order chi connectivity index (χ1) is 9.20. The fraction of sp³-hybridized carbons (Fsp3) is 0.615. The van der Waals surface area contributed by atoms with E-state index in [1.54, 1.807) is 6.20 Å². The second kappa shape index (κ2) is 4.96. The third kappa shape index (κ3) is 2.16. The first-order valence-corrected chi connectivity index (χ1v) is 7.20. The van der Waals surface area contributed by atoms with Gasteiger partial charge in [-0.25, -0.2) is 4.98 Å². The lowest BCUT2D eigenvalue weighted by Crippen LogP contribution is -2.52. The average molecular weight is 281 g/mol. The topological polar surface area (TPSA) is 58.1 Å². The maximum atomic E-state index is 12.2. The van der Waals surface area contributed by atoms with Crippen molar-refractivity contribution in [2.24, 2.45) is 0 Å². The molecule has 1 aromatic rings. The lowest BCUT2D eigenvalue weighted by atomic mass is 10.0. The minimum Gasteiger partial charge on any atom is -0.340 e. The van der Waals surface area contributed by atoms with Crippen LogP contribution in [0.15, 0.2) is 6.20 Å². The Kier molecular flexibility index (Phi) is 3.31. The van der Waals surface area contributed by atoms with Gasteiger partial charge >= 0.3 is 0 Å². The number of nitrogens with one attached hydrogen (secondary N) is 1. The fourth-order valence-corrected chi connectivity index (χ4v) is 3.25. The van der Waals surface area contributed by atoms with Crippen LogP contribution in [-0.2, 0) is 4.79 Å². The number of nitrogens with zero attached hydrogens (tertiary/aromatic N) is 3. The minimum absolute atomic E-state index is 0.0350. The molecule has 6 heteroatoms. The van der Waals surface area contributed by atoms with Gasteiger partial charge in [-0.3, -0.25) is 4.79 Å². The Bertz CT molecular complexity index is 501. The van der Waals surface area contributed by atoms with Crippen LogP contribution in [0.4, 0.5) is 11.5 Å². The number of carbonyl (C=O) groups excluding carboxylic acids is 1. The second-order valence-corrected chi connectivity index (χ2v) is 5.47. The second-order valence-electron chi connectivity index (χ2n) is 5.14. The van der Waals surface area contributed by atoms with Crippen molar-refractivity contribution in [1.82, 2.24) is 9.97 Å². The zero-order valence-electron chi connectivity index (χ0n) is 10.9. The van der Waals surface area contributed by atoms with Crippen molar-refractivity contribution in [3.05, 3.63) is 11.5 Å². The Morgan fingerprint density at radius 2 is 2.21 bits per heavy atom. The lowest BCUT2D eigenvalue weighted by Gasteiger charge is -2.40. The molecule has 1 aliphatic heterocycles. The molecule has 1 saturated carbocycles. The maximum Gasteiger partial charge on any atom is 0.247 e. The number of carbonyl (C=O) groups is 1. The molecule has 102 valence electrons. The zero-order chi connectivity index (χ0) is 13.4. The standard InChI is InChI=1S/C13H17ClN4O/c1-2-10-12(19)16-9-7-15-13(14)17-11(9)18(10)8-5-3-4-6-8/h7-8,10H,2-6H2,1H3,(H,16,19)/t10-/m1/s1. The summed E-state index contributed by atoms with van der Waals surface area (Å²) in [7, 11) is 0. The Morgan fingerprint density at radius 3 is 2.89 bits per heavy atom. The monoisotopic (exact) mass is 280 g/mol. The number of hydrogen-bond donors (Lipinski definition) is 1. The average Bonchev–Trinajstić information content (AvgIpc) is 2.91. The van der Waals surface area contributed by atoms with Crippen LogP contribution >= 0.6 is 11.6 Å². The van der Waals surface area contributed by atoms with E-state index in [1.807, 2.05) is 6.92 Å². The molecule has 1 aliphatic carbocycles. The molecule has 19 heavy (non-hydrogen) atoms. The number of rotatable bonds is 2. The number of fused-ring (bicyclic) bond motifs is 1. The molecule has 0 saturated heterocycles. The van der Waals surface area contributed by atoms with Gasteiger partial charge in [0.05, 0.1) is 6.20 Å². The third-order valence-corrected chi connectivity index (χ3v) is 4.17. The fourth-order valence-electron chi connectivity index (χ4n) is 3.12. The minimum atomic E-state index is -0.151. The first-order valence-electron chi connectivity index (χ1n) is 6.82. The highest BCUT2D eigenvalue weighted by molar-refractivity contribution is 6.28. The van der Waals surface area contributed by atoms with Crippen LogP contribution in [0, 0.1) is 0 Å². The van der Waals surface area contributed by atoms with Crippen LogP contribution < -0.4 is 10.2 Å². The molecule has 0 unspecified atom stereocenters. The summed E-state index contributed by atoms with van der Waals surface area (Å²) < 4.78 is 0. The number of amides is 1. The highest BCUT2D eigenvalue weighted by Gasteiger charge is 2.38. The van der Waals surface area contributed by atoms with Crippen molar-refractivity contribution in [3.8, 4) is 0 Å². The predicted octanol–water partition coefficient (Wildman–Crippen LogP) is 2.61. The first kappa shape index (κ1) is 12.7. The summed E-state index contributed by atoms with van der Waals surface area (Å²) >= 11 is 5.91. The van der Waals surface area contributed by atoms with Crippen molar-refractivity contribution < 1.29 is 4.79 Å². The van der Waals surface area contributed by atoms with E-state index in [0.29, 0.717) is 11.7 Å². The summed E-state index contributed by atoms with van der Waals surface area (Å²) in [6.07, 6.45) is 7.02. The van der Waals surface area contributed by atoms with Gasteiger partial charge in [-0.15, -0.1) is 0 Å². The van der Waals surface area contributed by atoms with E-state index in [-0.39, 0.29) is 17.2 Å². The molecule has 0 bridgehead atoms.